The Morgan fingerprint density at radius 3 is 2.88 bits per heavy atom. The monoisotopic (exact) mass is 109 g/mol. The van der Waals surface area contributed by atoms with Gasteiger partial charge in [0.2, 0.25) is 0 Å². The molecule has 1 heteroatoms. The molecule has 0 aromatic rings. The van der Waals surface area contributed by atoms with Crippen molar-refractivity contribution < 1.29 is 0 Å². The van der Waals surface area contributed by atoms with E-state index in [-0.39, 0.29) is 0 Å². The maximum absolute atomic E-state index is 3.95. The van der Waals surface area contributed by atoms with Crippen LogP contribution in [0.15, 0.2) is 29.8 Å². The molecule has 0 atom stereocenters. The standard InChI is InChI=1S/C7H11N/c1-3-5-7-8-6-4-2/h3-5,7H,2,6H2,1H3/b5-3+,8-7?. The number of nitrogens with zero attached hydrogens (tertiary/aromatic N) is 1. The lowest BCUT2D eigenvalue weighted by molar-refractivity contribution is 1.27. The molecule has 0 aliphatic heterocycles. The van der Waals surface area contributed by atoms with Crippen molar-refractivity contribution in [2.45, 2.75) is 6.92 Å². The fourth-order valence-corrected chi connectivity index (χ4v) is 0.282. The molecule has 0 bridgehead atoms. The topological polar surface area (TPSA) is 12.4 Å². The molecule has 0 aromatic heterocycles. The lowest BCUT2D eigenvalue weighted by Crippen LogP contribution is -1.69. The number of aliphatic imine (C=N–C) groups is 1. The molecule has 0 saturated carbocycles. The van der Waals surface area contributed by atoms with Gasteiger partial charge >= 0.3 is 0 Å². The predicted molar refractivity (Wildman–Crippen MR) is 38.4 cm³/mol. The summed E-state index contributed by atoms with van der Waals surface area (Å²) in [6.07, 6.45) is 7.36. The average molecular weight is 109 g/mol. The van der Waals surface area contributed by atoms with Crippen LogP contribution in [0.2, 0.25) is 0 Å². The van der Waals surface area contributed by atoms with Crippen molar-refractivity contribution in [3.63, 3.8) is 0 Å². The summed E-state index contributed by atoms with van der Waals surface area (Å²) in [7, 11) is 0. The lowest BCUT2D eigenvalue weighted by Gasteiger charge is -1.74. The molecule has 0 N–H and O–H groups in total. The first-order valence-corrected chi connectivity index (χ1v) is 2.63. The van der Waals surface area contributed by atoms with E-state index in [1.165, 1.54) is 0 Å². The Morgan fingerprint density at radius 2 is 2.38 bits per heavy atom. The molecule has 0 heterocycles. The lowest BCUT2D eigenvalue weighted by atomic mass is 10.5. The fourth-order valence-electron chi connectivity index (χ4n) is 0.282. The van der Waals surface area contributed by atoms with Crippen LogP contribution in [0.5, 0.6) is 0 Å². The largest absolute Gasteiger partial charge is 0.289 e. The summed E-state index contributed by atoms with van der Waals surface area (Å²) in [5.41, 5.74) is 0. The second-order valence-electron chi connectivity index (χ2n) is 1.33. The molecule has 0 rings (SSSR count). The van der Waals surface area contributed by atoms with Gasteiger partial charge in [-0.05, 0) is 13.0 Å². The van der Waals surface area contributed by atoms with E-state index in [1.54, 1.807) is 12.3 Å². The normalized spacial score (nSPS) is 11.1. The Kier molecular flexibility index (Phi) is 5.50. The predicted octanol–water partition coefficient (Wildman–Crippen LogP) is 1.82. The SMILES string of the molecule is C=CCN=C/C=C/C. The van der Waals surface area contributed by atoms with E-state index in [2.05, 4.69) is 11.6 Å². The van der Waals surface area contributed by atoms with Gasteiger partial charge in [0.15, 0.2) is 0 Å². The number of hydrogen-bond donors (Lipinski definition) is 0. The van der Waals surface area contributed by atoms with E-state index in [0.717, 1.165) is 0 Å². The first kappa shape index (κ1) is 7.15. The molecule has 1 nitrogen and oxygen atoms in total. The molecular weight excluding hydrogens is 98.1 g/mol. The molecule has 0 radical (unpaired) electrons. The van der Waals surface area contributed by atoms with Crippen LogP contribution in [-0.2, 0) is 0 Å². The first-order valence-electron chi connectivity index (χ1n) is 2.63. The van der Waals surface area contributed by atoms with Crippen molar-refractivity contribution in [2.24, 2.45) is 4.99 Å². The van der Waals surface area contributed by atoms with E-state index in [9.17, 15) is 0 Å². The van der Waals surface area contributed by atoms with Crippen LogP contribution in [-0.4, -0.2) is 12.8 Å². The van der Waals surface area contributed by atoms with Gasteiger partial charge in [-0.15, -0.1) is 6.58 Å². The molecule has 8 heavy (non-hydrogen) atoms. The molecule has 0 aliphatic carbocycles. The Bertz CT molecular complexity index is 101. The summed E-state index contributed by atoms with van der Waals surface area (Å²) in [6, 6.07) is 0. The summed E-state index contributed by atoms with van der Waals surface area (Å²) in [6.45, 7) is 6.19. The smallest absolute Gasteiger partial charge is 0.0567 e. The molecule has 44 valence electrons. The number of allylic oxidation sites excluding steroid dienone is 2. The van der Waals surface area contributed by atoms with Crippen LogP contribution < -0.4 is 0 Å². The Balaban J connectivity index is 3.19. The zero-order chi connectivity index (χ0) is 6.24. The van der Waals surface area contributed by atoms with Gasteiger partial charge in [0.05, 0.1) is 6.54 Å². The molecular formula is C7H11N. The van der Waals surface area contributed by atoms with Crippen LogP contribution in [0.25, 0.3) is 0 Å². The highest BCUT2D eigenvalue weighted by Crippen LogP contribution is 1.69. The van der Waals surface area contributed by atoms with Gasteiger partial charge in [0.1, 0.15) is 0 Å². The molecule has 0 spiro atoms. The average Bonchev–Trinajstić information content (AvgIpc) is 1.81. The highest BCUT2D eigenvalue weighted by Gasteiger charge is 1.61. The van der Waals surface area contributed by atoms with Gasteiger partial charge in [0.25, 0.3) is 0 Å². The van der Waals surface area contributed by atoms with Gasteiger partial charge < -0.3 is 0 Å². The minimum Gasteiger partial charge on any atom is -0.289 e. The molecule has 0 unspecified atom stereocenters. The molecule has 0 aromatic carbocycles. The van der Waals surface area contributed by atoms with Crippen LogP contribution in [0.3, 0.4) is 0 Å². The van der Waals surface area contributed by atoms with Crippen molar-refractivity contribution in [2.75, 3.05) is 6.54 Å². The third-order valence-electron chi connectivity index (χ3n) is 0.618. The first-order chi connectivity index (χ1) is 3.91. The van der Waals surface area contributed by atoms with Gasteiger partial charge in [-0.2, -0.15) is 0 Å². The quantitative estimate of drug-likeness (QED) is 0.387. The van der Waals surface area contributed by atoms with Crippen molar-refractivity contribution in [3.8, 4) is 0 Å². The third-order valence-corrected chi connectivity index (χ3v) is 0.618. The second-order valence-corrected chi connectivity index (χ2v) is 1.33. The summed E-state index contributed by atoms with van der Waals surface area (Å²) in [4.78, 5) is 3.95. The van der Waals surface area contributed by atoms with Crippen LogP contribution in [0.1, 0.15) is 6.92 Å². The Hall–Kier alpha value is -0.850. The fraction of sp³-hybridized carbons (Fsp3) is 0.286. The van der Waals surface area contributed by atoms with E-state index in [0.29, 0.717) is 6.54 Å². The van der Waals surface area contributed by atoms with Crippen molar-refractivity contribution >= 4 is 6.21 Å². The molecule has 0 amide bonds. The maximum Gasteiger partial charge on any atom is 0.0567 e. The molecule has 0 fully saturated rings. The van der Waals surface area contributed by atoms with Gasteiger partial charge in [-0.3, -0.25) is 4.99 Å². The van der Waals surface area contributed by atoms with Gasteiger partial charge in [0, 0.05) is 6.21 Å². The third kappa shape index (κ3) is 5.15. The molecule has 0 aliphatic rings. The van der Waals surface area contributed by atoms with Crippen LogP contribution in [0, 0.1) is 0 Å². The highest BCUT2D eigenvalue weighted by atomic mass is 14.7. The van der Waals surface area contributed by atoms with Crippen molar-refractivity contribution in [1.82, 2.24) is 0 Å². The highest BCUT2D eigenvalue weighted by molar-refractivity contribution is 5.70. The number of hydrogen-bond acceptors (Lipinski definition) is 1. The summed E-state index contributed by atoms with van der Waals surface area (Å²) < 4.78 is 0. The van der Waals surface area contributed by atoms with Gasteiger partial charge in [-0.25, -0.2) is 0 Å². The van der Waals surface area contributed by atoms with E-state index < -0.39 is 0 Å². The minimum absolute atomic E-state index is 0.713. The summed E-state index contributed by atoms with van der Waals surface area (Å²) in [5, 5.41) is 0. The molecule has 0 saturated heterocycles. The summed E-state index contributed by atoms with van der Waals surface area (Å²) >= 11 is 0. The van der Waals surface area contributed by atoms with Gasteiger partial charge in [-0.1, -0.05) is 12.2 Å². The Morgan fingerprint density at radius 1 is 1.62 bits per heavy atom. The second kappa shape index (κ2) is 6.15. The van der Waals surface area contributed by atoms with Crippen LogP contribution in [0.4, 0.5) is 0 Å². The van der Waals surface area contributed by atoms with Crippen LogP contribution >= 0.6 is 0 Å². The van der Waals surface area contributed by atoms with Crippen molar-refractivity contribution in [3.05, 3.63) is 24.8 Å². The van der Waals surface area contributed by atoms with E-state index >= 15 is 0 Å². The van der Waals surface area contributed by atoms with E-state index in [1.807, 2.05) is 19.1 Å². The number of rotatable bonds is 3. The zero-order valence-corrected chi connectivity index (χ0v) is 5.17. The summed E-state index contributed by atoms with van der Waals surface area (Å²) in [5.74, 6) is 0. The zero-order valence-electron chi connectivity index (χ0n) is 5.17. The Labute approximate surface area is 50.4 Å². The maximum atomic E-state index is 3.95. The van der Waals surface area contributed by atoms with Crippen molar-refractivity contribution in [1.29, 1.82) is 0 Å². The minimum atomic E-state index is 0.713. The van der Waals surface area contributed by atoms with E-state index in [4.69, 9.17) is 0 Å².